The third-order valence-electron chi connectivity index (χ3n) is 2.12. The molecule has 0 atom stereocenters. The van der Waals surface area contributed by atoms with Crippen LogP contribution in [0.5, 0.6) is 0 Å². The Balaban J connectivity index is 0.000000364. The van der Waals surface area contributed by atoms with Gasteiger partial charge >= 0.3 is 0 Å². The minimum atomic E-state index is 0. The van der Waals surface area contributed by atoms with Crippen molar-refractivity contribution in [2.45, 2.75) is 0 Å². The van der Waals surface area contributed by atoms with Crippen LogP contribution in [-0.4, -0.2) is 20.1 Å². The van der Waals surface area contributed by atoms with Crippen molar-refractivity contribution >= 4 is 11.4 Å². The molecule has 0 aliphatic heterocycles. The second kappa shape index (κ2) is 10.2. The van der Waals surface area contributed by atoms with E-state index < -0.39 is 0 Å². The number of benzene rings is 2. The van der Waals surface area contributed by atoms with E-state index >= 15 is 0 Å². The average molecular weight is 328 g/mol. The van der Waals surface area contributed by atoms with Gasteiger partial charge in [-0.3, -0.25) is 0 Å². The molecule has 0 bridgehead atoms. The summed E-state index contributed by atoms with van der Waals surface area (Å²) < 4.78 is 0. The zero-order valence-corrected chi connectivity index (χ0v) is 12.0. The summed E-state index contributed by atoms with van der Waals surface area (Å²) in [5, 5.41) is 42.0. The standard InChI is InChI=1S/2C6H6N2O2.Cr/c2*9-7-8(10)6-4-2-1-3-5-6;/h2*1-5,9H;/b2*8-7-;. The summed E-state index contributed by atoms with van der Waals surface area (Å²) in [6, 6.07) is 16.5. The summed E-state index contributed by atoms with van der Waals surface area (Å²) in [5.74, 6) is 0. The van der Waals surface area contributed by atoms with E-state index in [2.05, 4.69) is 10.6 Å². The summed E-state index contributed by atoms with van der Waals surface area (Å²) in [6.45, 7) is 0. The maximum absolute atomic E-state index is 10.5. The summed E-state index contributed by atoms with van der Waals surface area (Å²) >= 11 is 0. The predicted octanol–water partition coefficient (Wildman–Crippen LogP) is 3.34. The average Bonchev–Trinajstić information content (AvgIpc) is 2.55. The Bertz CT molecular complexity index is 525. The molecule has 0 saturated carbocycles. The predicted molar refractivity (Wildman–Crippen MR) is 67.9 cm³/mol. The summed E-state index contributed by atoms with van der Waals surface area (Å²) in [7, 11) is 0. The topological polar surface area (TPSA) is 117 Å². The molecule has 0 saturated heterocycles. The SMILES string of the molecule is [Cr].[O-]/[N+](=N\O)c1ccccc1.[O-]/[N+](=N\O)c1ccccc1. The van der Waals surface area contributed by atoms with Gasteiger partial charge in [-0.25, -0.2) is 0 Å². The van der Waals surface area contributed by atoms with Crippen LogP contribution in [-0.2, 0) is 17.4 Å². The first-order chi connectivity index (χ1) is 9.69. The molecule has 110 valence electrons. The van der Waals surface area contributed by atoms with Gasteiger partial charge in [0.25, 0.3) is 0 Å². The van der Waals surface area contributed by atoms with Crippen LogP contribution >= 0.6 is 0 Å². The Morgan fingerprint density at radius 1 is 0.667 bits per heavy atom. The van der Waals surface area contributed by atoms with Gasteiger partial charge < -0.3 is 20.8 Å². The van der Waals surface area contributed by atoms with Gasteiger partial charge in [-0.15, -0.1) is 0 Å². The normalized spacial score (nSPS) is 10.9. The summed E-state index contributed by atoms with van der Waals surface area (Å²) in [6.07, 6.45) is 0. The first-order valence-electron chi connectivity index (χ1n) is 5.43. The van der Waals surface area contributed by atoms with Gasteiger partial charge in [0, 0.05) is 41.6 Å². The van der Waals surface area contributed by atoms with Crippen molar-refractivity contribution < 1.29 is 37.5 Å². The molecule has 0 aliphatic carbocycles. The maximum Gasteiger partial charge on any atom is 0.248 e. The molecule has 0 radical (unpaired) electrons. The number of rotatable bonds is 2. The molecule has 0 amide bonds. The van der Waals surface area contributed by atoms with E-state index in [9.17, 15) is 10.4 Å². The van der Waals surface area contributed by atoms with E-state index in [0.29, 0.717) is 11.4 Å². The Morgan fingerprint density at radius 2 is 0.952 bits per heavy atom. The number of para-hydroxylation sites is 2. The fourth-order valence-corrected chi connectivity index (χ4v) is 1.21. The monoisotopic (exact) mass is 328 g/mol. The first kappa shape index (κ1) is 18.4. The van der Waals surface area contributed by atoms with Gasteiger partial charge in [-0.05, 0) is 9.72 Å². The van der Waals surface area contributed by atoms with Crippen LogP contribution in [0.1, 0.15) is 0 Å². The van der Waals surface area contributed by atoms with Crippen molar-refractivity contribution in [3.63, 3.8) is 0 Å². The molecule has 0 aliphatic rings. The fraction of sp³-hybridized carbons (Fsp3) is 0. The Labute approximate surface area is 131 Å². The smallest absolute Gasteiger partial charge is 0.248 e. The molecule has 0 fully saturated rings. The minimum Gasteiger partial charge on any atom is -0.592 e. The van der Waals surface area contributed by atoms with E-state index in [1.165, 1.54) is 0 Å². The van der Waals surface area contributed by atoms with Crippen molar-refractivity contribution in [2.75, 3.05) is 0 Å². The van der Waals surface area contributed by atoms with E-state index in [0.717, 1.165) is 0 Å². The van der Waals surface area contributed by atoms with Gasteiger partial charge in [0.15, 0.2) is 0 Å². The van der Waals surface area contributed by atoms with E-state index in [1.54, 1.807) is 60.7 Å². The van der Waals surface area contributed by atoms with Crippen molar-refractivity contribution in [2.24, 2.45) is 10.6 Å². The van der Waals surface area contributed by atoms with Crippen LogP contribution in [0.4, 0.5) is 11.4 Å². The molecule has 0 aromatic heterocycles. The van der Waals surface area contributed by atoms with Crippen molar-refractivity contribution in [3.05, 3.63) is 71.1 Å². The van der Waals surface area contributed by atoms with E-state index in [1.807, 2.05) is 0 Å². The molecule has 2 N–H and O–H groups in total. The third kappa shape index (κ3) is 6.38. The molecule has 2 rings (SSSR count). The third-order valence-corrected chi connectivity index (χ3v) is 2.12. The zero-order chi connectivity index (χ0) is 14.8. The molecular weight excluding hydrogens is 316 g/mol. The maximum atomic E-state index is 10.5. The molecular formula is C12H12CrN4O4. The molecule has 8 nitrogen and oxygen atoms in total. The zero-order valence-electron chi connectivity index (χ0n) is 10.7. The van der Waals surface area contributed by atoms with Gasteiger partial charge in [0.05, 0.1) is 0 Å². The van der Waals surface area contributed by atoms with Crippen LogP contribution in [0.3, 0.4) is 0 Å². The quantitative estimate of drug-likeness (QED) is 0.499. The largest absolute Gasteiger partial charge is 0.592 e. The minimum absolute atomic E-state index is 0. The molecule has 0 spiro atoms. The molecule has 21 heavy (non-hydrogen) atoms. The Kier molecular flexibility index (Phi) is 8.92. The van der Waals surface area contributed by atoms with Crippen molar-refractivity contribution in [3.8, 4) is 0 Å². The van der Waals surface area contributed by atoms with E-state index in [4.69, 9.17) is 10.4 Å². The molecule has 2 aromatic rings. The van der Waals surface area contributed by atoms with Crippen molar-refractivity contribution in [1.29, 1.82) is 0 Å². The summed E-state index contributed by atoms with van der Waals surface area (Å²) in [5.41, 5.74) is 0.620. The number of nitrogens with zero attached hydrogens (tertiary/aromatic N) is 4. The van der Waals surface area contributed by atoms with Crippen LogP contribution in [0, 0.1) is 10.4 Å². The molecule has 9 heteroatoms. The van der Waals surface area contributed by atoms with E-state index in [-0.39, 0.29) is 27.1 Å². The number of hydrogen-bond donors (Lipinski definition) is 2. The van der Waals surface area contributed by atoms with Gasteiger partial charge in [0.2, 0.25) is 21.9 Å². The number of hydrogen-bond acceptors (Lipinski definition) is 4. The second-order valence-electron chi connectivity index (χ2n) is 3.40. The van der Waals surface area contributed by atoms with Gasteiger partial charge in [-0.1, -0.05) is 36.4 Å². The van der Waals surface area contributed by atoms with Crippen LogP contribution in [0.15, 0.2) is 71.2 Å². The molecule has 0 unspecified atom stereocenters. The van der Waals surface area contributed by atoms with Crippen LogP contribution < -0.4 is 0 Å². The van der Waals surface area contributed by atoms with Crippen molar-refractivity contribution in [1.82, 2.24) is 0 Å². The molecule has 2 aromatic carbocycles. The van der Waals surface area contributed by atoms with Gasteiger partial charge in [-0.2, -0.15) is 0 Å². The van der Waals surface area contributed by atoms with Gasteiger partial charge in [0.1, 0.15) is 0 Å². The van der Waals surface area contributed by atoms with Crippen LogP contribution in [0.25, 0.3) is 0 Å². The molecule has 0 heterocycles. The van der Waals surface area contributed by atoms with Crippen LogP contribution in [0.2, 0.25) is 0 Å². The Morgan fingerprint density at radius 3 is 1.19 bits per heavy atom. The first-order valence-corrected chi connectivity index (χ1v) is 5.43. The second-order valence-corrected chi connectivity index (χ2v) is 3.40. The Hall–Kier alpha value is -2.63. The fourth-order valence-electron chi connectivity index (χ4n) is 1.21. The summed E-state index contributed by atoms with van der Waals surface area (Å²) in [4.78, 5) is 0.278.